The van der Waals surface area contributed by atoms with Crippen LogP contribution in [0.4, 0.5) is 23.7 Å². The van der Waals surface area contributed by atoms with E-state index in [9.17, 15) is 23.1 Å². The summed E-state index contributed by atoms with van der Waals surface area (Å²) >= 11 is 5.98. The molecule has 0 aliphatic rings. The predicted octanol–water partition coefficient (Wildman–Crippen LogP) is 7.08. The molecule has 1 amide bonds. The van der Waals surface area contributed by atoms with Crippen molar-refractivity contribution in [2.45, 2.75) is 57.8 Å². The maximum absolute atomic E-state index is 13.8. The number of rotatable bonds is 5. The highest BCUT2D eigenvalue weighted by atomic mass is 35.5. The van der Waals surface area contributed by atoms with E-state index < -0.39 is 29.8 Å². The predicted molar refractivity (Wildman–Crippen MR) is 119 cm³/mol. The standard InChI is InChI=1S/C23H25ClF3N3O2/c1-5-22(14-23(25,26)27,15-9-11-16(24)12-10-15)30-19-8-6-7-18(17(19)13-28-30)29(20(31)32)21(2,3)4/h6-13H,5,14H2,1-4H3,(H,31,32). The van der Waals surface area contributed by atoms with Crippen molar-refractivity contribution in [2.75, 3.05) is 4.90 Å². The first-order chi connectivity index (χ1) is 14.8. The van der Waals surface area contributed by atoms with Crippen molar-refractivity contribution in [3.63, 3.8) is 0 Å². The summed E-state index contributed by atoms with van der Waals surface area (Å²) in [6, 6.07) is 11.2. The van der Waals surface area contributed by atoms with Crippen LogP contribution in [0, 0.1) is 0 Å². The van der Waals surface area contributed by atoms with Gasteiger partial charge in [-0.05, 0) is 57.0 Å². The van der Waals surface area contributed by atoms with Crippen molar-refractivity contribution in [3.8, 4) is 0 Å². The van der Waals surface area contributed by atoms with Crippen LogP contribution in [0.5, 0.6) is 0 Å². The molecule has 0 aliphatic heterocycles. The van der Waals surface area contributed by atoms with Crippen molar-refractivity contribution in [2.24, 2.45) is 0 Å². The molecule has 1 heterocycles. The number of amides is 1. The Labute approximate surface area is 189 Å². The molecule has 0 saturated carbocycles. The molecule has 172 valence electrons. The third-order valence-electron chi connectivity index (χ3n) is 5.56. The van der Waals surface area contributed by atoms with Crippen LogP contribution in [0.2, 0.25) is 5.02 Å². The van der Waals surface area contributed by atoms with E-state index in [1.54, 1.807) is 70.2 Å². The monoisotopic (exact) mass is 467 g/mol. The fourth-order valence-electron chi connectivity index (χ4n) is 4.19. The van der Waals surface area contributed by atoms with E-state index in [4.69, 9.17) is 11.6 Å². The fourth-order valence-corrected chi connectivity index (χ4v) is 4.32. The van der Waals surface area contributed by atoms with Gasteiger partial charge in [-0.3, -0.25) is 9.58 Å². The third kappa shape index (κ3) is 4.41. The van der Waals surface area contributed by atoms with Gasteiger partial charge in [0.2, 0.25) is 0 Å². The molecule has 32 heavy (non-hydrogen) atoms. The van der Waals surface area contributed by atoms with E-state index in [1.165, 1.54) is 15.8 Å². The third-order valence-corrected chi connectivity index (χ3v) is 5.81. The lowest BCUT2D eigenvalue weighted by Crippen LogP contribution is -2.45. The lowest BCUT2D eigenvalue weighted by atomic mass is 9.83. The molecule has 1 unspecified atom stereocenters. The summed E-state index contributed by atoms with van der Waals surface area (Å²) < 4.78 is 42.8. The summed E-state index contributed by atoms with van der Waals surface area (Å²) in [5, 5.41) is 15.1. The van der Waals surface area contributed by atoms with Gasteiger partial charge in [-0.15, -0.1) is 0 Å². The Hall–Kier alpha value is -2.74. The molecule has 0 radical (unpaired) electrons. The molecule has 5 nitrogen and oxygen atoms in total. The lowest BCUT2D eigenvalue weighted by Gasteiger charge is -2.36. The Bertz CT molecular complexity index is 1120. The van der Waals surface area contributed by atoms with Crippen LogP contribution in [-0.2, 0) is 5.54 Å². The van der Waals surface area contributed by atoms with Gasteiger partial charge >= 0.3 is 12.3 Å². The number of alkyl halides is 3. The molecular formula is C23H25ClF3N3O2. The molecule has 1 atom stereocenters. The van der Waals surface area contributed by atoms with E-state index in [1.807, 2.05) is 0 Å². The number of hydrogen-bond donors (Lipinski definition) is 1. The molecule has 2 aromatic carbocycles. The highest BCUT2D eigenvalue weighted by molar-refractivity contribution is 6.30. The van der Waals surface area contributed by atoms with Crippen molar-refractivity contribution < 1.29 is 23.1 Å². The highest BCUT2D eigenvalue weighted by Crippen LogP contribution is 2.43. The number of carboxylic acid groups (broad SMARTS) is 1. The summed E-state index contributed by atoms with van der Waals surface area (Å²) in [7, 11) is 0. The van der Waals surface area contributed by atoms with Gasteiger partial charge in [0.15, 0.2) is 0 Å². The first-order valence-electron chi connectivity index (χ1n) is 10.1. The number of carbonyl (C=O) groups is 1. The van der Waals surface area contributed by atoms with Crippen molar-refractivity contribution in [1.82, 2.24) is 9.78 Å². The second-order valence-electron chi connectivity index (χ2n) is 8.74. The minimum Gasteiger partial charge on any atom is -0.465 e. The summed E-state index contributed by atoms with van der Waals surface area (Å²) in [5.41, 5.74) is -1.10. The number of benzene rings is 2. The largest absolute Gasteiger partial charge is 0.465 e. The van der Waals surface area contributed by atoms with E-state index in [0.717, 1.165) is 0 Å². The Balaban J connectivity index is 2.31. The molecule has 0 spiro atoms. The topological polar surface area (TPSA) is 58.4 Å². The average molecular weight is 468 g/mol. The Kier molecular flexibility index (Phi) is 6.21. The van der Waals surface area contributed by atoms with Crippen LogP contribution < -0.4 is 4.90 Å². The van der Waals surface area contributed by atoms with Gasteiger partial charge in [0.1, 0.15) is 0 Å². The molecule has 0 bridgehead atoms. The molecule has 9 heteroatoms. The van der Waals surface area contributed by atoms with Gasteiger partial charge < -0.3 is 5.11 Å². The van der Waals surface area contributed by atoms with Gasteiger partial charge in [0.25, 0.3) is 0 Å². The maximum Gasteiger partial charge on any atom is 0.412 e. The van der Waals surface area contributed by atoms with E-state index >= 15 is 0 Å². The van der Waals surface area contributed by atoms with E-state index in [-0.39, 0.29) is 6.42 Å². The minimum absolute atomic E-state index is 0.108. The zero-order valence-electron chi connectivity index (χ0n) is 18.2. The summed E-state index contributed by atoms with van der Waals surface area (Å²) in [6.45, 7) is 6.92. The zero-order chi connectivity index (χ0) is 23.9. The number of anilines is 1. The van der Waals surface area contributed by atoms with Gasteiger partial charge in [-0.25, -0.2) is 4.79 Å². The van der Waals surface area contributed by atoms with E-state index in [0.29, 0.717) is 27.2 Å². The van der Waals surface area contributed by atoms with E-state index in [2.05, 4.69) is 5.10 Å². The van der Waals surface area contributed by atoms with Crippen molar-refractivity contribution >= 4 is 34.3 Å². The quantitative estimate of drug-likeness (QED) is 0.436. The van der Waals surface area contributed by atoms with Crippen molar-refractivity contribution in [1.29, 1.82) is 0 Å². The molecule has 0 fully saturated rings. The summed E-state index contributed by atoms with van der Waals surface area (Å²) in [4.78, 5) is 13.2. The van der Waals surface area contributed by atoms with Crippen LogP contribution in [0.3, 0.4) is 0 Å². The Morgan fingerprint density at radius 3 is 2.25 bits per heavy atom. The highest BCUT2D eigenvalue weighted by Gasteiger charge is 2.45. The summed E-state index contributed by atoms with van der Waals surface area (Å²) in [6.07, 6.45) is -5.22. The molecule has 0 saturated heterocycles. The Morgan fingerprint density at radius 2 is 1.75 bits per heavy atom. The number of aromatic nitrogens is 2. The van der Waals surface area contributed by atoms with Crippen molar-refractivity contribution in [3.05, 3.63) is 59.2 Å². The van der Waals surface area contributed by atoms with Crippen LogP contribution >= 0.6 is 11.6 Å². The zero-order valence-corrected chi connectivity index (χ0v) is 19.0. The summed E-state index contributed by atoms with van der Waals surface area (Å²) in [5.74, 6) is 0. The normalized spacial score (nSPS) is 14.4. The molecular weight excluding hydrogens is 443 g/mol. The lowest BCUT2D eigenvalue weighted by molar-refractivity contribution is -0.152. The Morgan fingerprint density at radius 1 is 1.12 bits per heavy atom. The minimum atomic E-state index is -4.47. The molecule has 0 aliphatic carbocycles. The molecule has 3 rings (SSSR count). The van der Waals surface area contributed by atoms with Crippen LogP contribution in [0.25, 0.3) is 10.9 Å². The second-order valence-corrected chi connectivity index (χ2v) is 9.18. The second kappa shape index (κ2) is 8.31. The van der Waals surface area contributed by atoms with Crippen LogP contribution in [0.15, 0.2) is 48.7 Å². The van der Waals surface area contributed by atoms with Crippen LogP contribution in [-0.4, -0.2) is 32.7 Å². The molecule has 3 aromatic rings. The number of halogens is 4. The van der Waals surface area contributed by atoms with Gasteiger partial charge in [0, 0.05) is 15.9 Å². The van der Waals surface area contributed by atoms with Gasteiger partial charge in [-0.2, -0.15) is 18.3 Å². The van der Waals surface area contributed by atoms with Gasteiger partial charge in [-0.1, -0.05) is 36.7 Å². The number of hydrogen-bond acceptors (Lipinski definition) is 2. The molecule has 1 N–H and O–H groups in total. The first-order valence-corrected chi connectivity index (χ1v) is 10.5. The number of nitrogens with zero attached hydrogens (tertiary/aromatic N) is 3. The average Bonchev–Trinajstić information content (AvgIpc) is 3.10. The van der Waals surface area contributed by atoms with Crippen LogP contribution in [0.1, 0.15) is 46.1 Å². The SMILES string of the molecule is CCC(CC(F)(F)F)(c1ccc(Cl)cc1)n1ncc2c(N(C(=O)O)C(C)(C)C)cccc21. The fraction of sp³-hybridized carbons (Fsp3) is 0.391. The number of fused-ring (bicyclic) bond motifs is 1. The maximum atomic E-state index is 13.8. The van der Waals surface area contributed by atoms with Gasteiger partial charge in [0.05, 0.1) is 29.4 Å². The smallest absolute Gasteiger partial charge is 0.412 e. The molecule has 1 aromatic heterocycles. The first kappa shape index (κ1) is 23.9.